The summed E-state index contributed by atoms with van der Waals surface area (Å²) in [6.07, 6.45) is 4.58. The Labute approximate surface area is 112 Å². The molecule has 0 unspecified atom stereocenters. The van der Waals surface area contributed by atoms with E-state index in [9.17, 15) is 4.79 Å². The smallest absolute Gasteiger partial charge is 0.321 e. The van der Waals surface area contributed by atoms with E-state index in [4.69, 9.17) is 9.47 Å². The van der Waals surface area contributed by atoms with E-state index < -0.39 is 0 Å². The highest BCUT2D eigenvalue weighted by atomic mass is 16.7. The van der Waals surface area contributed by atoms with Gasteiger partial charge in [-0.2, -0.15) is 0 Å². The minimum absolute atomic E-state index is 0.0641. The van der Waals surface area contributed by atoms with Crippen LogP contribution in [0.15, 0.2) is 18.2 Å². The Morgan fingerprint density at radius 2 is 2.00 bits per heavy atom. The van der Waals surface area contributed by atoms with Crippen LogP contribution in [0.2, 0.25) is 0 Å². The number of ether oxygens (including phenoxy) is 2. The molecule has 3 rings (SSSR count). The number of anilines is 1. The van der Waals surface area contributed by atoms with E-state index in [-0.39, 0.29) is 12.8 Å². The zero-order chi connectivity index (χ0) is 13.2. The molecule has 1 saturated carbocycles. The summed E-state index contributed by atoms with van der Waals surface area (Å²) in [5.41, 5.74) is 0.805. The molecule has 19 heavy (non-hydrogen) atoms. The zero-order valence-electron chi connectivity index (χ0n) is 11.0. The fourth-order valence-electron chi connectivity index (χ4n) is 2.55. The Morgan fingerprint density at radius 1 is 1.26 bits per heavy atom. The van der Waals surface area contributed by atoms with Gasteiger partial charge in [0.15, 0.2) is 11.5 Å². The average Bonchev–Trinajstić information content (AvgIpc) is 3.07. The lowest BCUT2D eigenvalue weighted by Crippen LogP contribution is -2.42. The molecule has 1 aliphatic carbocycles. The van der Waals surface area contributed by atoms with Gasteiger partial charge in [0.2, 0.25) is 6.79 Å². The molecule has 1 aromatic rings. The number of hydrogen-bond acceptors (Lipinski definition) is 3. The fourth-order valence-corrected chi connectivity index (χ4v) is 2.55. The van der Waals surface area contributed by atoms with E-state index in [1.54, 1.807) is 11.9 Å². The lowest BCUT2D eigenvalue weighted by Gasteiger charge is -2.21. The van der Waals surface area contributed by atoms with Crippen molar-refractivity contribution >= 4 is 11.7 Å². The maximum absolute atomic E-state index is 12.1. The second-order valence-electron chi connectivity index (χ2n) is 5.03. The molecule has 102 valence electrons. The first-order valence-electron chi connectivity index (χ1n) is 6.68. The Balaban J connectivity index is 1.68. The molecular weight excluding hydrogens is 244 g/mol. The fraction of sp³-hybridized carbons (Fsp3) is 0.500. The van der Waals surface area contributed by atoms with Gasteiger partial charge in [-0.05, 0) is 25.0 Å². The molecular formula is C14H18N2O3. The Kier molecular flexibility index (Phi) is 3.19. The van der Waals surface area contributed by atoms with Crippen LogP contribution >= 0.6 is 0 Å². The van der Waals surface area contributed by atoms with Crippen molar-refractivity contribution in [1.82, 2.24) is 5.32 Å². The minimum atomic E-state index is -0.0641. The molecule has 2 amide bonds. The molecule has 0 radical (unpaired) electrons. The van der Waals surface area contributed by atoms with Crippen molar-refractivity contribution < 1.29 is 14.3 Å². The maximum Gasteiger partial charge on any atom is 0.321 e. The monoisotopic (exact) mass is 262 g/mol. The summed E-state index contributed by atoms with van der Waals surface area (Å²) in [5.74, 6) is 1.42. The van der Waals surface area contributed by atoms with Gasteiger partial charge in [-0.15, -0.1) is 0 Å². The van der Waals surface area contributed by atoms with Gasteiger partial charge in [-0.1, -0.05) is 12.8 Å². The predicted molar refractivity (Wildman–Crippen MR) is 71.8 cm³/mol. The number of urea groups is 1. The summed E-state index contributed by atoms with van der Waals surface area (Å²) in [4.78, 5) is 13.8. The van der Waals surface area contributed by atoms with E-state index in [0.29, 0.717) is 11.8 Å². The van der Waals surface area contributed by atoms with E-state index in [2.05, 4.69) is 5.32 Å². The lowest BCUT2D eigenvalue weighted by atomic mass is 10.2. The van der Waals surface area contributed by atoms with E-state index in [1.807, 2.05) is 18.2 Å². The van der Waals surface area contributed by atoms with Crippen LogP contribution in [-0.4, -0.2) is 25.9 Å². The number of nitrogens with one attached hydrogen (secondary N) is 1. The maximum atomic E-state index is 12.1. The topological polar surface area (TPSA) is 50.8 Å². The lowest BCUT2D eigenvalue weighted by molar-refractivity contribution is 0.174. The highest BCUT2D eigenvalue weighted by Gasteiger charge is 2.21. The van der Waals surface area contributed by atoms with Crippen LogP contribution in [0.5, 0.6) is 11.5 Å². The summed E-state index contributed by atoms with van der Waals surface area (Å²) < 4.78 is 10.6. The van der Waals surface area contributed by atoms with Crippen molar-refractivity contribution in [1.29, 1.82) is 0 Å². The molecule has 1 fully saturated rings. The highest BCUT2D eigenvalue weighted by Crippen LogP contribution is 2.35. The van der Waals surface area contributed by atoms with E-state index in [0.717, 1.165) is 24.3 Å². The molecule has 0 saturated heterocycles. The molecule has 1 N–H and O–H groups in total. The van der Waals surface area contributed by atoms with Crippen LogP contribution in [0.3, 0.4) is 0 Å². The molecule has 0 aromatic heterocycles. The Morgan fingerprint density at radius 3 is 2.79 bits per heavy atom. The van der Waals surface area contributed by atoms with Crippen molar-refractivity contribution in [3.63, 3.8) is 0 Å². The van der Waals surface area contributed by atoms with Crippen molar-refractivity contribution in [2.75, 3.05) is 18.7 Å². The average molecular weight is 262 g/mol. The van der Waals surface area contributed by atoms with Crippen molar-refractivity contribution in [2.24, 2.45) is 0 Å². The first kappa shape index (κ1) is 12.1. The van der Waals surface area contributed by atoms with Gasteiger partial charge in [0, 0.05) is 24.8 Å². The van der Waals surface area contributed by atoms with Crippen LogP contribution in [-0.2, 0) is 0 Å². The van der Waals surface area contributed by atoms with Gasteiger partial charge in [0.05, 0.1) is 0 Å². The first-order chi connectivity index (χ1) is 9.24. The summed E-state index contributed by atoms with van der Waals surface area (Å²) in [6, 6.07) is 5.78. The first-order valence-corrected chi connectivity index (χ1v) is 6.68. The van der Waals surface area contributed by atoms with Gasteiger partial charge in [0.25, 0.3) is 0 Å². The quantitative estimate of drug-likeness (QED) is 0.891. The zero-order valence-corrected chi connectivity index (χ0v) is 11.0. The van der Waals surface area contributed by atoms with Crippen LogP contribution < -0.4 is 19.7 Å². The number of rotatable bonds is 2. The number of benzene rings is 1. The van der Waals surface area contributed by atoms with E-state index in [1.165, 1.54) is 12.8 Å². The van der Waals surface area contributed by atoms with Gasteiger partial charge in [-0.3, -0.25) is 4.90 Å². The van der Waals surface area contributed by atoms with Crippen LogP contribution in [0.4, 0.5) is 10.5 Å². The molecule has 1 heterocycles. The minimum Gasteiger partial charge on any atom is -0.454 e. The van der Waals surface area contributed by atoms with Crippen molar-refractivity contribution in [2.45, 2.75) is 31.7 Å². The van der Waals surface area contributed by atoms with Crippen molar-refractivity contribution in [3.8, 4) is 11.5 Å². The predicted octanol–water partition coefficient (Wildman–Crippen LogP) is 2.50. The SMILES string of the molecule is CN(C(=O)NC1CCCC1)c1ccc2c(c1)OCO2. The second-order valence-corrected chi connectivity index (χ2v) is 5.03. The number of fused-ring (bicyclic) bond motifs is 1. The van der Waals surface area contributed by atoms with Gasteiger partial charge in [-0.25, -0.2) is 4.79 Å². The van der Waals surface area contributed by atoms with Crippen LogP contribution in [0, 0.1) is 0 Å². The number of carbonyl (C=O) groups is 1. The van der Waals surface area contributed by atoms with Gasteiger partial charge < -0.3 is 14.8 Å². The van der Waals surface area contributed by atoms with Crippen LogP contribution in [0.1, 0.15) is 25.7 Å². The number of hydrogen-bond donors (Lipinski definition) is 1. The Bertz CT molecular complexity index is 484. The third-order valence-corrected chi connectivity index (χ3v) is 3.73. The van der Waals surface area contributed by atoms with Gasteiger partial charge >= 0.3 is 6.03 Å². The summed E-state index contributed by atoms with van der Waals surface area (Å²) >= 11 is 0. The molecule has 0 bridgehead atoms. The Hall–Kier alpha value is -1.91. The second kappa shape index (κ2) is 4.99. The normalized spacial score (nSPS) is 17.5. The third-order valence-electron chi connectivity index (χ3n) is 3.73. The molecule has 2 aliphatic rings. The molecule has 1 aliphatic heterocycles. The van der Waals surface area contributed by atoms with Crippen LogP contribution in [0.25, 0.3) is 0 Å². The molecule has 0 spiro atoms. The summed E-state index contributed by atoms with van der Waals surface area (Å²) in [5, 5.41) is 3.06. The summed E-state index contributed by atoms with van der Waals surface area (Å²) in [6.45, 7) is 0.247. The largest absolute Gasteiger partial charge is 0.454 e. The number of carbonyl (C=O) groups excluding carboxylic acids is 1. The third kappa shape index (κ3) is 2.45. The molecule has 0 atom stereocenters. The standard InChI is InChI=1S/C14H18N2O3/c1-16(14(17)15-10-4-2-3-5-10)11-6-7-12-13(8-11)19-9-18-12/h6-8,10H,2-5,9H2,1H3,(H,15,17). The highest BCUT2D eigenvalue weighted by molar-refractivity contribution is 5.92. The summed E-state index contributed by atoms with van der Waals surface area (Å²) in [7, 11) is 1.77. The molecule has 5 heteroatoms. The molecule has 1 aromatic carbocycles. The number of nitrogens with zero attached hydrogens (tertiary/aromatic N) is 1. The van der Waals surface area contributed by atoms with Crippen molar-refractivity contribution in [3.05, 3.63) is 18.2 Å². The van der Waals surface area contributed by atoms with Gasteiger partial charge in [0.1, 0.15) is 0 Å². The van der Waals surface area contributed by atoms with E-state index >= 15 is 0 Å². The molecule has 5 nitrogen and oxygen atoms in total. The number of amides is 2.